The number of methoxy groups -OCH3 is 1. The van der Waals surface area contributed by atoms with Gasteiger partial charge >= 0.3 is 0 Å². The van der Waals surface area contributed by atoms with Crippen molar-refractivity contribution >= 4 is 28.9 Å². The first-order valence-corrected chi connectivity index (χ1v) is 4.13. The molecule has 0 aliphatic carbocycles. The second kappa shape index (κ2) is 3.99. The number of hydrogen-bond donors (Lipinski definition) is 1. The Balaban J connectivity index is 3.10. The van der Waals surface area contributed by atoms with Crippen molar-refractivity contribution in [2.45, 2.75) is 6.61 Å². The van der Waals surface area contributed by atoms with E-state index in [0.717, 1.165) is 5.56 Å². The summed E-state index contributed by atoms with van der Waals surface area (Å²) in [5.41, 5.74) is 6.85. The predicted molar refractivity (Wildman–Crippen MR) is 51.6 cm³/mol. The van der Waals surface area contributed by atoms with E-state index in [1.807, 2.05) is 0 Å². The maximum Gasteiger partial charge on any atom is 0.0742 e. The highest BCUT2D eigenvalue weighted by Gasteiger charge is 2.05. The molecule has 0 bridgehead atoms. The molecule has 2 nitrogen and oxygen atoms in total. The van der Waals surface area contributed by atoms with Crippen LogP contribution in [0.5, 0.6) is 0 Å². The van der Waals surface area contributed by atoms with Crippen LogP contribution < -0.4 is 5.73 Å². The molecule has 1 aromatic rings. The quantitative estimate of drug-likeness (QED) is 0.755. The summed E-state index contributed by atoms with van der Waals surface area (Å²) in [7, 11) is 1.59. The Labute approximate surface area is 81.2 Å². The molecule has 1 aromatic carbocycles. The van der Waals surface area contributed by atoms with Crippen molar-refractivity contribution in [1.29, 1.82) is 0 Å². The van der Waals surface area contributed by atoms with Gasteiger partial charge in [-0.3, -0.25) is 0 Å². The highest BCUT2D eigenvalue weighted by atomic mass is 35.5. The van der Waals surface area contributed by atoms with E-state index in [1.165, 1.54) is 0 Å². The van der Waals surface area contributed by atoms with E-state index in [1.54, 1.807) is 19.2 Å². The molecule has 0 saturated carbocycles. The molecule has 1 rings (SSSR count). The Hall–Kier alpha value is -0.440. The zero-order valence-electron chi connectivity index (χ0n) is 6.60. The monoisotopic (exact) mass is 205 g/mol. The molecule has 2 N–H and O–H groups in total. The highest BCUT2D eigenvalue weighted by molar-refractivity contribution is 6.36. The van der Waals surface area contributed by atoms with Gasteiger partial charge in [-0.1, -0.05) is 23.2 Å². The first-order chi connectivity index (χ1) is 5.65. The van der Waals surface area contributed by atoms with Crippen LogP contribution in [0.3, 0.4) is 0 Å². The Morgan fingerprint density at radius 3 is 2.25 bits per heavy atom. The number of nitrogens with two attached hydrogens (primary N) is 1. The lowest BCUT2D eigenvalue weighted by Gasteiger charge is -2.06. The van der Waals surface area contributed by atoms with E-state index in [-0.39, 0.29) is 0 Å². The molecule has 0 radical (unpaired) electrons. The summed E-state index contributed by atoms with van der Waals surface area (Å²) in [6, 6.07) is 3.31. The Bertz CT molecular complexity index is 265. The molecule has 0 amide bonds. The number of nitrogen functional groups attached to an aromatic ring is 1. The molecule has 0 aliphatic heterocycles. The molecule has 0 atom stereocenters. The second-order valence-electron chi connectivity index (χ2n) is 2.40. The molecule has 0 fully saturated rings. The SMILES string of the molecule is COCc1c(Cl)cc(N)cc1Cl. The first kappa shape index (κ1) is 9.65. The molecule has 0 aliphatic rings. The fourth-order valence-corrected chi connectivity index (χ4v) is 1.52. The molecular formula is C8H9Cl2NO. The van der Waals surface area contributed by atoms with Crippen LogP contribution in [0.15, 0.2) is 12.1 Å². The van der Waals surface area contributed by atoms with Gasteiger partial charge in [-0.2, -0.15) is 0 Å². The van der Waals surface area contributed by atoms with Gasteiger partial charge in [0, 0.05) is 28.4 Å². The summed E-state index contributed by atoms with van der Waals surface area (Å²) >= 11 is 11.7. The summed E-state index contributed by atoms with van der Waals surface area (Å²) in [6.07, 6.45) is 0. The number of rotatable bonds is 2. The third kappa shape index (κ3) is 2.03. The van der Waals surface area contributed by atoms with E-state index >= 15 is 0 Å². The van der Waals surface area contributed by atoms with Crippen LogP contribution in [0.25, 0.3) is 0 Å². The summed E-state index contributed by atoms with van der Waals surface area (Å²) < 4.78 is 4.92. The fourth-order valence-electron chi connectivity index (χ4n) is 0.905. The van der Waals surface area contributed by atoms with Crippen LogP contribution in [0.1, 0.15) is 5.56 Å². The highest BCUT2D eigenvalue weighted by Crippen LogP contribution is 2.28. The van der Waals surface area contributed by atoms with Crippen LogP contribution in [-0.2, 0) is 11.3 Å². The smallest absolute Gasteiger partial charge is 0.0742 e. The molecule has 4 heteroatoms. The third-order valence-electron chi connectivity index (χ3n) is 1.45. The first-order valence-electron chi connectivity index (χ1n) is 3.37. The standard InChI is InChI=1S/C8H9Cl2NO/c1-12-4-6-7(9)2-5(11)3-8(6)10/h2-3H,4,11H2,1H3. The number of hydrogen-bond acceptors (Lipinski definition) is 2. The molecular weight excluding hydrogens is 197 g/mol. The Morgan fingerprint density at radius 1 is 1.33 bits per heavy atom. The maximum atomic E-state index is 5.87. The van der Waals surface area contributed by atoms with Gasteiger partial charge in [0.1, 0.15) is 0 Å². The van der Waals surface area contributed by atoms with Crippen molar-refractivity contribution in [3.63, 3.8) is 0 Å². The van der Waals surface area contributed by atoms with Crippen LogP contribution in [0.4, 0.5) is 5.69 Å². The molecule has 0 saturated heterocycles. The molecule has 0 heterocycles. The predicted octanol–water partition coefficient (Wildman–Crippen LogP) is 2.72. The van der Waals surface area contributed by atoms with Gasteiger partial charge < -0.3 is 10.5 Å². The van der Waals surface area contributed by atoms with Crippen LogP contribution in [0, 0.1) is 0 Å². The number of anilines is 1. The van der Waals surface area contributed by atoms with Crippen LogP contribution >= 0.6 is 23.2 Å². The Kier molecular flexibility index (Phi) is 3.20. The average Bonchev–Trinajstić information content (AvgIpc) is 1.96. The van der Waals surface area contributed by atoms with Gasteiger partial charge in [0.15, 0.2) is 0 Å². The lowest BCUT2D eigenvalue weighted by molar-refractivity contribution is 0.185. The van der Waals surface area contributed by atoms with E-state index in [9.17, 15) is 0 Å². The minimum absolute atomic E-state index is 0.401. The largest absolute Gasteiger partial charge is 0.399 e. The lowest BCUT2D eigenvalue weighted by atomic mass is 10.2. The third-order valence-corrected chi connectivity index (χ3v) is 2.13. The van der Waals surface area contributed by atoms with Gasteiger partial charge in [0.05, 0.1) is 6.61 Å². The van der Waals surface area contributed by atoms with E-state index in [2.05, 4.69) is 0 Å². The molecule has 0 spiro atoms. The second-order valence-corrected chi connectivity index (χ2v) is 3.21. The van der Waals surface area contributed by atoms with Gasteiger partial charge in [-0.15, -0.1) is 0 Å². The van der Waals surface area contributed by atoms with Crippen molar-refractivity contribution in [3.8, 4) is 0 Å². The number of halogens is 2. The molecule has 0 unspecified atom stereocenters. The van der Waals surface area contributed by atoms with E-state index < -0.39 is 0 Å². The van der Waals surface area contributed by atoms with Gasteiger partial charge in [-0.25, -0.2) is 0 Å². The van der Waals surface area contributed by atoms with Gasteiger partial charge in [0.2, 0.25) is 0 Å². The molecule has 0 aromatic heterocycles. The van der Waals surface area contributed by atoms with Crippen molar-refractivity contribution in [1.82, 2.24) is 0 Å². The average molecular weight is 206 g/mol. The Morgan fingerprint density at radius 2 is 1.83 bits per heavy atom. The minimum atomic E-state index is 0.401. The maximum absolute atomic E-state index is 5.87. The summed E-state index contributed by atoms with van der Waals surface area (Å²) in [5, 5.41) is 1.09. The molecule has 66 valence electrons. The summed E-state index contributed by atoms with van der Waals surface area (Å²) in [6.45, 7) is 0.401. The van der Waals surface area contributed by atoms with Gasteiger partial charge in [0.25, 0.3) is 0 Å². The van der Waals surface area contributed by atoms with Crippen molar-refractivity contribution < 1.29 is 4.74 Å². The fraction of sp³-hybridized carbons (Fsp3) is 0.250. The van der Waals surface area contributed by atoms with Crippen molar-refractivity contribution in [2.24, 2.45) is 0 Å². The van der Waals surface area contributed by atoms with Crippen LogP contribution in [-0.4, -0.2) is 7.11 Å². The summed E-state index contributed by atoms with van der Waals surface area (Å²) in [4.78, 5) is 0. The normalized spacial score (nSPS) is 10.2. The van der Waals surface area contributed by atoms with E-state index in [4.69, 9.17) is 33.7 Å². The number of ether oxygens (including phenoxy) is 1. The minimum Gasteiger partial charge on any atom is -0.399 e. The van der Waals surface area contributed by atoms with Crippen LogP contribution in [0.2, 0.25) is 10.0 Å². The van der Waals surface area contributed by atoms with E-state index in [0.29, 0.717) is 22.3 Å². The molecule has 12 heavy (non-hydrogen) atoms. The lowest BCUT2D eigenvalue weighted by Crippen LogP contribution is -1.93. The van der Waals surface area contributed by atoms with Crippen molar-refractivity contribution in [3.05, 3.63) is 27.7 Å². The zero-order chi connectivity index (χ0) is 9.14. The summed E-state index contributed by atoms with van der Waals surface area (Å²) in [5.74, 6) is 0. The topological polar surface area (TPSA) is 35.2 Å². The number of benzene rings is 1. The van der Waals surface area contributed by atoms with Crippen molar-refractivity contribution in [2.75, 3.05) is 12.8 Å². The van der Waals surface area contributed by atoms with Gasteiger partial charge in [-0.05, 0) is 12.1 Å². The zero-order valence-corrected chi connectivity index (χ0v) is 8.12.